The molecule has 2 heterocycles. The highest BCUT2D eigenvalue weighted by molar-refractivity contribution is 5.37. The van der Waals surface area contributed by atoms with E-state index in [0.29, 0.717) is 5.92 Å². The lowest BCUT2D eigenvalue weighted by molar-refractivity contribution is 0.0493. The van der Waals surface area contributed by atoms with Gasteiger partial charge >= 0.3 is 0 Å². The van der Waals surface area contributed by atoms with Crippen LogP contribution in [0.2, 0.25) is 0 Å². The average molecular weight is 233 g/mol. The molecule has 0 saturated heterocycles. The molecule has 2 heteroatoms. The third kappa shape index (κ3) is 2.18. The minimum Gasteiger partial charge on any atom is -0.473 e. The van der Waals surface area contributed by atoms with Gasteiger partial charge in [0.2, 0.25) is 5.88 Å². The third-order valence-electron chi connectivity index (χ3n) is 3.46. The maximum Gasteiger partial charge on any atom is 0.217 e. The molecule has 0 saturated carbocycles. The SMILES string of the molecule is CC(C)(C)C1Oc2ncccc2C1C(C)(C)C. The summed E-state index contributed by atoms with van der Waals surface area (Å²) in [4.78, 5) is 4.36. The van der Waals surface area contributed by atoms with E-state index in [9.17, 15) is 0 Å². The van der Waals surface area contributed by atoms with Gasteiger partial charge in [-0.3, -0.25) is 0 Å². The summed E-state index contributed by atoms with van der Waals surface area (Å²) >= 11 is 0. The van der Waals surface area contributed by atoms with Gasteiger partial charge in [0, 0.05) is 17.7 Å². The first-order valence-electron chi connectivity index (χ1n) is 6.33. The molecule has 1 aliphatic heterocycles. The van der Waals surface area contributed by atoms with Crippen LogP contribution >= 0.6 is 0 Å². The maximum absolute atomic E-state index is 6.10. The molecular weight excluding hydrogens is 210 g/mol. The lowest BCUT2D eigenvalue weighted by Gasteiger charge is -2.37. The Kier molecular flexibility index (Phi) is 2.72. The van der Waals surface area contributed by atoms with Crippen LogP contribution in [-0.2, 0) is 0 Å². The number of pyridine rings is 1. The quantitative estimate of drug-likeness (QED) is 0.675. The van der Waals surface area contributed by atoms with Crippen LogP contribution in [0, 0.1) is 10.8 Å². The monoisotopic (exact) mass is 233 g/mol. The van der Waals surface area contributed by atoms with Crippen molar-refractivity contribution in [3.63, 3.8) is 0 Å². The van der Waals surface area contributed by atoms with E-state index in [2.05, 4.69) is 52.6 Å². The van der Waals surface area contributed by atoms with Crippen LogP contribution in [0.25, 0.3) is 0 Å². The summed E-state index contributed by atoms with van der Waals surface area (Å²) in [6.07, 6.45) is 2.01. The van der Waals surface area contributed by atoms with Crippen molar-refractivity contribution in [2.24, 2.45) is 10.8 Å². The van der Waals surface area contributed by atoms with E-state index in [-0.39, 0.29) is 16.9 Å². The number of rotatable bonds is 0. The molecule has 94 valence electrons. The van der Waals surface area contributed by atoms with Gasteiger partial charge in [-0.15, -0.1) is 0 Å². The molecule has 0 aliphatic carbocycles. The van der Waals surface area contributed by atoms with Gasteiger partial charge in [0.15, 0.2) is 0 Å². The normalized spacial score (nSPS) is 24.4. The van der Waals surface area contributed by atoms with Crippen LogP contribution in [0.5, 0.6) is 5.88 Å². The highest BCUT2D eigenvalue weighted by Gasteiger charge is 2.47. The molecule has 0 radical (unpaired) electrons. The highest BCUT2D eigenvalue weighted by Crippen LogP contribution is 2.51. The van der Waals surface area contributed by atoms with Crippen molar-refractivity contribution in [2.75, 3.05) is 0 Å². The molecule has 2 unspecified atom stereocenters. The molecule has 2 nitrogen and oxygen atoms in total. The fourth-order valence-corrected chi connectivity index (χ4v) is 2.69. The van der Waals surface area contributed by atoms with Crippen molar-refractivity contribution in [2.45, 2.75) is 53.6 Å². The van der Waals surface area contributed by atoms with Crippen molar-refractivity contribution in [3.8, 4) is 5.88 Å². The van der Waals surface area contributed by atoms with Crippen LogP contribution in [0.15, 0.2) is 18.3 Å². The summed E-state index contributed by atoms with van der Waals surface area (Å²) in [7, 11) is 0. The Balaban J connectivity index is 2.48. The third-order valence-corrected chi connectivity index (χ3v) is 3.46. The topological polar surface area (TPSA) is 22.1 Å². The van der Waals surface area contributed by atoms with E-state index < -0.39 is 0 Å². The lowest BCUT2D eigenvalue weighted by Crippen LogP contribution is -2.39. The standard InChI is InChI=1S/C15H23NO/c1-14(2,3)11-10-8-7-9-16-13(10)17-12(11)15(4,5)6/h7-9,11-12H,1-6H3. The molecule has 0 spiro atoms. The molecule has 2 rings (SSSR count). The molecule has 0 bridgehead atoms. The molecule has 0 N–H and O–H groups in total. The molecule has 0 aromatic carbocycles. The number of hydrogen-bond acceptors (Lipinski definition) is 2. The Morgan fingerprint density at radius 2 is 1.71 bits per heavy atom. The number of aromatic nitrogens is 1. The summed E-state index contributed by atoms with van der Waals surface area (Å²) in [5.74, 6) is 1.23. The van der Waals surface area contributed by atoms with Gasteiger partial charge in [-0.2, -0.15) is 0 Å². The minimum absolute atomic E-state index is 0.124. The fraction of sp³-hybridized carbons (Fsp3) is 0.667. The molecule has 0 amide bonds. The second kappa shape index (κ2) is 3.72. The zero-order valence-corrected chi connectivity index (χ0v) is 11.7. The Bertz CT molecular complexity index is 412. The van der Waals surface area contributed by atoms with Crippen LogP contribution in [0.4, 0.5) is 0 Å². The van der Waals surface area contributed by atoms with Crippen molar-refractivity contribution < 1.29 is 4.74 Å². The molecule has 17 heavy (non-hydrogen) atoms. The van der Waals surface area contributed by atoms with Crippen molar-refractivity contribution >= 4 is 0 Å². The predicted octanol–water partition coefficient (Wildman–Crippen LogP) is 4.02. The summed E-state index contributed by atoms with van der Waals surface area (Å²) in [5, 5.41) is 0. The van der Waals surface area contributed by atoms with E-state index in [1.54, 1.807) is 0 Å². The number of hydrogen-bond donors (Lipinski definition) is 0. The predicted molar refractivity (Wildman–Crippen MR) is 70.3 cm³/mol. The van der Waals surface area contributed by atoms with Gasteiger partial charge in [0.1, 0.15) is 6.10 Å². The Hall–Kier alpha value is -1.05. The van der Waals surface area contributed by atoms with E-state index in [4.69, 9.17) is 4.74 Å². The second-order valence-electron chi connectivity index (χ2n) is 7.15. The molecule has 1 aromatic rings. The van der Waals surface area contributed by atoms with Crippen molar-refractivity contribution in [1.29, 1.82) is 0 Å². The van der Waals surface area contributed by atoms with Crippen LogP contribution in [-0.4, -0.2) is 11.1 Å². The molecule has 1 aliphatic rings. The molecular formula is C15H23NO. The van der Waals surface area contributed by atoms with Gasteiger partial charge < -0.3 is 4.74 Å². The first kappa shape index (κ1) is 12.4. The van der Waals surface area contributed by atoms with Gasteiger partial charge in [-0.1, -0.05) is 47.6 Å². The van der Waals surface area contributed by atoms with E-state index in [1.165, 1.54) is 5.56 Å². The van der Waals surface area contributed by atoms with E-state index in [0.717, 1.165) is 5.88 Å². The summed E-state index contributed by atoms with van der Waals surface area (Å²) in [6, 6.07) is 4.16. The first-order valence-corrected chi connectivity index (χ1v) is 6.33. The Morgan fingerprint density at radius 1 is 1.06 bits per heavy atom. The summed E-state index contributed by atoms with van der Waals surface area (Å²) in [6.45, 7) is 13.6. The largest absolute Gasteiger partial charge is 0.473 e. The van der Waals surface area contributed by atoms with Crippen LogP contribution in [0.1, 0.15) is 53.0 Å². The smallest absolute Gasteiger partial charge is 0.217 e. The number of ether oxygens (including phenoxy) is 1. The highest BCUT2D eigenvalue weighted by atomic mass is 16.5. The average Bonchev–Trinajstić information content (AvgIpc) is 2.54. The van der Waals surface area contributed by atoms with E-state index >= 15 is 0 Å². The number of nitrogens with zero attached hydrogens (tertiary/aromatic N) is 1. The van der Waals surface area contributed by atoms with Crippen molar-refractivity contribution in [3.05, 3.63) is 23.9 Å². The fourth-order valence-electron chi connectivity index (χ4n) is 2.69. The lowest BCUT2D eigenvalue weighted by atomic mass is 9.68. The van der Waals surface area contributed by atoms with Crippen LogP contribution < -0.4 is 4.74 Å². The van der Waals surface area contributed by atoms with Gasteiger partial charge in [0.05, 0.1) is 0 Å². The summed E-state index contributed by atoms with van der Waals surface area (Å²) < 4.78 is 6.10. The van der Waals surface area contributed by atoms with Gasteiger partial charge in [0.25, 0.3) is 0 Å². The molecule has 2 atom stereocenters. The van der Waals surface area contributed by atoms with Crippen molar-refractivity contribution in [1.82, 2.24) is 4.98 Å². The Labute approximate surface area is 104 Å². The van der Waals surface area contributed by atoms with Gasteiger partial charge in [-0.25, -0.2) is 4.98 Å². The minimum atomic E-state index is 0.124. The zero-order chi connectivity index (χ0) is 12.8. The Morgan fingerprint density at radius 3 is 2.24 bits per heavy atom. The maximum atomic E-state index is 6.10. The molecule has 1 aromatic heterocycles. The number of fused-ring (bicyclic) bond motifs is 1. The van der Waals surface area contributed by atoms with Gasteiger partial charge in [-0.05, 0) is 16.9 Å². The summed E-state index contributed by atoms with van der Waals surface area (Å²) in [5.41, 5.74) is 1.57. The van der Waals surface area contributed by atoms with E-state index in [1.807, 2.05) is 12.3 Å². The zero-order valence-electron chi connectivity index (χ0n) is 11.7. The first-order chi connectivity index (χ1) is 7.71. The molecule has 0 fully saturated rings. The second-order valence-corrected chi connectivity index (χ2v) is 7.15. The van der Waals surface area contributed by atoms with Crippen LogP contribution in [0.3, 0.4) is 0 Å².